The number of aliphatic hydroxyl groups excluding tert-OH is 1. The molecule has 10 heteroatoms. The first-order valence-corrected chi connectivity index (χ1v) is 11.1. The van der Waals surface area contributed by atoms with Gasteiger partial charge in [0.2, 0.25) is 0 Å². The Kier molecular flexibility index (Phi) is 8.50. The van der Waals surface area contributed by atoms with Gasteiger partial charge in [0.25, 0.3) is 11.8 Å². The Morgan fingerprint density at radius 1 is 1.21 bits per heavy atom. The van der Waals surface area contributed by atoms with Gasteiger partial charge in [0.15, 0.2) is 0 Å². The fraction of sp³-hybridized carbons (Fsp3) is 0.292. The van der Waals surface area contributed by atoms with Gasteiger partial charge in [-0.05, 0) is 56.0 Å². The quantitative estimate of drug-likeness (QED) is 0.319. The van der Waals surface area contributed by atoms with Gasteiger partial charge >= 0.3 is 0 Å². The molecule has 2 amide bonds. The molecule has 3 rings (SSSR count). The molecule has 1 aliphatic heterocycles. The van der Waals surface area contributed by atoms with Crippen LogP contribution in [0, 0.1) is 5.41 Å². The molecule has 0 radical (unpaired) electrons. The summed E-state index contributed by atoms with van der Waals surface area (Å²) in [5, 5.41) is 22.6. The lowest BCUT2D eigenvalue weighted by Crippen LogP contribution is -2.41. The van der Waals surface area contributed by atoms with Gasteiger partial charge in [-0.2, -0.15) is 0 Å². The summed E-state index contributed by atoms with van der Waals surface area (Å²) in [7, 11) is 1.68. The zero-order chi connectivity index (χ0) is 24.7. The van der Waals surface area contributed by atoms with Crippen LogP contribution in [0.3, 0.4) is 0 Å². The van der Waals surface area contributed by atoms with Crippen LogP contribution < -0.4 is 20.1 Å². The van der Waals surface area contributed by atoms with Crippen LogP contribution in [-0.2, 0) is 0 Å². The number of halogens is 1. The third kappa shape index (κ3) is 6.49. The third-order valence-electron chi connectivity index (χ3n) is 4.95. The molecule has 0 bridgehead atoms. The minimum atomic E-state index is -0.542. The van der Waals surface area contributed by atoms with Crippen molar-refractivity contribution in [2.45, 2.75) is 19.4 Å². The lowest BCUT2D eigenvalue weighted by molar-refractivity contribution is 0.0651. The van der Waals surface area contributed by atoms with Gasteiger partial charge in [-0.25, -0.2) is 0 Å². The SMILES string of the molecule is CN/C=C\C(=N)NC(=O)c1cc(Oc2ccc(C(=O)N3CCC3)cc2Cl)cc(O[C@@H](C)CO)c1. The number of amides is 2. The second kappa shape index (κ2) is 11.5. The van der Waals surface area contributed by atoms with Crippen LogP contribution in [0.25, 0.3) is 0 Å². The van der Waals surface area contributed by atoms with Gasteiger partial charge in [-0.1, -0.05) is 11.6 Å². The molecule has 1 heterocycles. The Bertz CT molecular complexity index is 1100. The van der Waals surface area contributed by atoms with E-state index in [1.54, 1.807) is 43.1 Å². The third-order valence-corrected chi connectivity index (χ3v) is 5.25. The zero-order valence-corrected chi connectivity index (χ0v) is 19.7. The molecule has 2 aromatic carbocycles. The lowest BCUT2D eigenvalue weighted by atomic mass is 10.1. The topological polar surface area (TPSA) is 124 Å². The van der Waals surface area contributed by atoms with E-state index < -0.39 is 12.0 Å². The highest BCUT2D eigenvalue weighted by Gasteiger charge is 2.22. The molecule has 0 aliphatic carbocycles. The molecule has 0 aromatic heterocycles. The molecule has 0 spiro atoms. The van der Waals surface area contributed by atoms with Gasteiger partial charge in [-0.3, -0.25) is 15.0 Å². The van der Waals surface area contributed by atoms with Crippen molar-refractivity contribution in [1.29, 1.82) is 5.41 Å². The van der Waals surface area contributed by atoms with E-state index in [0.29, 0.717) is 17.1 Å². The highest BCUT2D eigenvalue weighted by molar-refractivity contribution is 6.32. The Labute approximate surface area is 202 Å². The minimum Gasteiger partial charge on any atom is -0.488 e. The molecule has 1 fully saturated rings. The number of likely N-dealkylation sites (tertiary alicyclic amines) is 1. The van der Waals surface area contributed by atoms with Gasteiger partial charge in [0, 0.05) is 37.3 Å². The van der Waals surface area contributed by atoms with E-state index in [-0.39, 0.29) is 34.7 Å². The summed E-state index contributed by atoms with van der Waals surface area (Å²) in [5.74, 6) is 0.115. The average molecular weight is 487 g/mol. The Balaban J connectivity index is 1.84. The molecule has 1 aliphatic rings. The molecule has 2 aromatic rings. The predicted octanol–water partition coefficient (Wildman–Crippen LogP) is 3.18. The van der Waals surface area contributed by atoms with Crippen molar-refractivity contribution in [2.75, 3.05) is 26.7 Å². The molecular weight excluding hydrogens is 460 g/mol. The monoisotopic (exact) mass is 486 g/mol. The summed E-state index contributed by atoms with van der Waals surface area (Å²) >= 11 is 6.37. The highest BCUT2D eigenvalue weighted by Crippen LogP contribution is 2.33. The van der Waals surface area contributed by atoms with Crippen molar-refractivity contribution in [2.24, 2.45) is 0 Å². The number of aliphatic hydroxyl groups is 1. The maximum Gasteiger partial charge on any atom is 0.257 e. The van der Waals surface area contributed by atoms with Crippen LogP contribution in [0.5, 0.6) is 17.2 Å². The van der Waals surface area contributed by atoms with E-state index in [0.717, 1.165) is 19.5 Å². The molecule has 0 unspecified atom stereocenters. The van der Waals surface area contributed by atoms with Crippen molar-refractivity contribution in [3.8, 4) is 17.2 Å². The standard InChI is InChI=1S/C24H27ClN4O5/c1-15(14-30)33-18-10-17(23(31)28-22(26)6-7-27-2)11-19(13-18)34-21-5-4-16(12-20(21)25)24(32)29-8-3-9-29/h4-7,10-13,15,27,30H,3,8-9,14H2,1-2H3,(H2,26,28,31)/b7-6-/t15-/m0/s1. The van der Waals surface area contributed by atoms with Crippen molar-refractivity contribution >= 4 is 29.3 Å². The van der Waals surface area contributed by atoms with E-state index in [1.165, 1.54) is 24.4 Å². The lowest BCUT2D eigenvalue weighted by Gasteiger charge is -2.31. The van der Waals surface area contributed by atoms with Gasteiger partial charge in [0.05, 0.1) is 11.6 Å². The summed E-state index contributed by atoms with van der Waals surface area (Å²) in [6, 6.07) is 9.31. The number of amidine groups is 1. The number of benzene rings is 2. The fourth-order valence-corrected chi connectivity index (χ4v) is 3.27. The molecule has 0 saturated carbocycles. The number of carbonyl (C=O) groups is 2. The molecule has 34 heavy (non-hydrogen) atoms. The van der Waals surface area contributed by atoms with Crippen LogP contribution in [0.2, 0.25) is 5.02 Å². The van der Waals surface area contributed by atoms with Crippen LogP contribution >= 0.6 is 11.6 Å². The number of rotatable bonds is 9. The first-order valence-electron chi connectivity index (χ1n) is 10.7. The Morgan fingerprint density at radius 2 is 1.94 bits per heavy atom. The summed E-state index contributed by atoms with van der Waals surface area (Å²) in [6.45, 7) is 2.93. The van der Waals surface area contributed by atoms with E-state index in [1.807, 2.05) is 0 Å². The Hall–Kier alpha value is -3.56. The summed E-state index contributed by atoms with van der Waals surface area (Å²) < 4.78 is 11.6. The molecule has 1 atom stereocenters. The predicted molar refractivity (Wildman–Crippen MR) is 129 cm³/mol. The number of hydrogen-bond acceptors (Lipinski definition) is 7. The molecule has 180 valence electrons. The summed E-state index contributed by atoms with van der Waals surface area (Å²) in [6.07, 6.45) is 3.39. The van der Waals surface area contributed by atoms with Crippen molar-refractivity contribution in [1.82, 2.24) is 15.5 Å². The summed E-state index contributed by atoms with van der Waals surface area (Å²) in [4.78, 5) is 26.8. The van der Waals surface area contributed by atoms with Crippen LogP contribution in [-0.4, -0.2) is 60.5 Å². The second-order valence-electron chi connectivity index (χ2n) is 7.69. The van der Waals surface area contributed by atoms with Gasteiger partial charge in [-0.15, -0.1) is 0 Å². The van der Waals surface area contributed by atoms with Gasteiger partial charge < -0.3 is 30.1 Å². The van der Waals surface area contributed by atoms with Crippen LogP contribution in [0.4, 0.5) is 0 Å². The summed E-state index contributed by atoms with van der Waals surface area (Å²) in [5.41, 5.74) is 0.653. The number of carbonyl (C=O) groups excluding carboxylic acids is 2. The highest BCUT2D eigenvalue weighted by atomic mass is 35.5. The number of hydrogen-bond donors (Lipinski definition) is 4. The molecular formula is C24H27ClN4O5. The van der Waals surface area contributed by atoms with Crippen molar-refractivity contribution in [3.05, 3.63) is 64.8 Å². The zero-order valence-electron chi connectivity index (χ0n) is 18.9. The maximum absolute atomic E-state index is 12.7. The molecule has 1 saturated heterocycles. The number of ether oxygens (including phenoxy) is 2. The van der Waals surface area contributed by atoms with E-state index in [2.05, 4.69) is 10.6 Å². The van der Waals surface area contributed by atoms with Crippen LogP contribution in [0.1, 0.15) is 34.1 Å². The number of nitrogens with zero attached hydrogens (tertiary/aromatic N) is 1. The van der Waals surface area contributed by atoms with E-state index in [9.17, 15) is 14.7 Å². The largest absolute Gasteiger partial charge is 0.488 e. The first kappa shape index (κ1) is 25.1. The maximum atomic E-state index is 12.7. The normalized spacial score (nSPS) is 13.7. The van der Waals surface area contributed by atoms with Crippen molar-refractivity contribution < 1.29 is 24.2 Å². The van der Waals surface area contributed by atoms with Crippen LogP contribution in [0.15, 0.2) is 48.7 Å². The van der Waals surface area contributed by atoms with E-state index in [4.69, 9.17) is 26.5 Å². The molecule has 4 N–H and O–H groups in total. The molecule has 9 nitrogen and oxygen atoms in total. The van der Waals surface area contributed by atoms with Crippen molar-refractivity contribution in [3.63, 3.8) is 0 Å². The fourth-order valence-electron chi connectivity index (χ4n) is 3.05. The number of nitrogens with one attached hydrogen (secondary N) is 3. The van der Waals surface area contributed by atoms with Gasteiger partial charge in [0.1, 0.15) is 29.2 Å². The van der Waals surface area contributed by atoms with E-state index >= 15 is 0 Å². The first-order chi connectivity index (χ1) is 16.3. The minimum absolute atomic E-state index is 0.0817. The average Bonchev–Trinajstić information content (AvgIpc) is 2.77. The second-order valence-corrected chi connectivity index (χ2v) is 8.09. The Morgan fingerprint density at radius 3 is 2.56 bits per heavy atom. The smallest absolute Gasteiger partial charge is 0.257 e.